The van der Waals surface area contributed by atoms with Crippen molar-refractivity contribution in [3.63, 3.8) is 0 Å². The number of nitrogens with one attached hydrogen (secondary N) is 4. The van der Waals surface area contributed by atoms with Crippen LogP contribution in [0.15, 0.2) is 37.3 Å². The predicted octanol–water partition coefficient (Wildman–Crippen LogP) is 3.66. The van der Waals surface area contributed by atoms with E-state index in [0.29, 0.717) is 56.9 Å². The van der Waals surface area contributed by atoms with Crippen LogP contribution in [0.2, 0.25) is 0 Å². The average molecular weight is 592 g/mol. The van der Waals surface area contributed by atoms with Crippen molar-refractivity contribution in [1.82, 2.24) is 26.2 Å². The molecule has 2 unspecified atom stereocenters. The van der Waals surface area contributed by atoms with Gasteiger partial charge in [0.05, 0.1) is 25.0 Å². The van der Waals surface area contributed by atoms with Crippen LogP contribution in [0.1, 0.15) is 80.1 Å². The zero-order valence-corrected chi connectivity index (χ0v) is 27.4. The van der Waals surface area contributed by atoms with Gasteiger partial charge in [-0.2, -0.15) is 0 Å². The van der Waals surface area contributed by atoms with Gasteiger partial charge in [-0.15, -0.1) is 6.58 Å². The van der Waals surface area contributed by atoms with E-state index in [1.807, 2.05) is 14.0 Å². The van der Waals surface area contributed by atoms with Crippen LogP contribution < -0.4 is 21.3 Å². The molecule has 0 aliphatic carbocycles. The van der Waals surface area contributed by atoms with Crippen LogP contribution in [-0.4, -0.2) is 74.3 Å². The lowest BCUT2D eigenvalue weighted by molar-refractivity contribution is -0.140. The maximum Gasteiger partial charge on any atom is 0.305 e. The van der Waals surface area contributed by atoms with Crippen molar-refractivity contribution < 1.29 is 23.9 Å². The summed E-state index contributed by atoms with van der Waals surface area (Å²) in [5.41, 5.74) is 0.725. The number of amides is 2. The highest BCUT2D eigenvalue weighted by Crippen LogP contribution is 2.28. The quantitative estimate of drug-likeness (QED) is 0.0650. The molecule has 10 heteroatoms. The first-order valence-corrected chi connectivity index (χ1v) is 15.0. The number of likely N-dealkylation sites (N-methyl/N-ethyl adjacent to an activating group) is 1. The minimum Gasteiger partial charge on any atom is -0.469 e. The minimum absolute atomic E-state index is 0.118. The summed E-state index contributed by atoms with van der Waals surface area (Å²) in [5, 5.41) is 12.0. The highest BCUT2D eigenvalue weighted by Gasteiger charge is 2.31. The molecule has 0 saturated heterocycles. The number of carbonyl (C=O) groups is 4. The molecule has 0 aromatic carbocycles. The van der Waals surface area contributed by atoms with Gasteiger partial charge in [0, 0.05) is 45.2 Å². The highest BCUT2D eigenvalue weighted by molar-refractivity contribution is 6.38. The van der Waals surface area contributed by atoms with Crippen LogP contribution in [0.3, 0.4) is 0 Å². The largest absolute Gasteiger partial charge is 0.469 e. The van der Waals surface area contributed by atoms with E-state index in [1.54, 1.807) is 0 Å². The molecule has 0 bridgehead atoms. The molecule has 42 heavy (non-hydrogen) atoms. The Hall–Kier alpha value is -3.30. The highest BCUT2D eigenvalue weighted by atomic mass is 16.5. The number of ether oxygens (including phenoxy) is 1. The van der Waals surface area contributed by atoms with Gasteiger partial charge >= 0.3 is 5.97 Å². The van der Waals surface area contributed by atoms with Gasteiger partial charge in [-0.3, -0.25) is 19.2 Å². The molecule has 2 amide bonds. The van der Waals surface area contributed by atoms with E-state index in [9.17, 15) is 19.2 Å². The van der Waals surface area contributed by atoms with Crippen molar-refractivity contribution in [3.05, 3.63) is 37.3 Å². The summed E-state index contributed by atoms with van der Waals surface area (Å²) in [7, 11) is 3.38. The molecule has 0 fully saturated rings. The van der Waals surface area contributed by atoms with E-state index in [1.165, 1.54) is 13.2 Å². The van der Waals surface area contributed by atoms with Gasteiger partial charge < -0.3 is 30.9 Å². The van der Waals surface area contributed by atoms with Crippen molar-refractivity contribution in [2.75, 3.05) is 33.8 Å². The molecule has 4 N–H and O–H groups in total. The third-order valence-electron chi connectivity index (χ3n) is 7.19. The second-order valence-electron chi connectivity index (χ2n) is 12.2. The Morgan fingerprint density at radius 1 is 1.00 bits per heavy atom. The number of nitrogens with zero attached hydrogens (tertiary/aromatic N) is 1. The second-order valence-corrected chi connectivity index (χ2v) is 12.2. The third kappa shape index (κ3) is 15.1. The monoisotopic (exact) mass is 591 g/mol. The van der Waals surface area contributed by atoms with E-state index in [0.717, 1.165) is 5.70 Å². The fourth-order valence-electron chi connectivity index (χ4n) is 4.47. The van der Waals surface area contributed by atoms with Crippen LogP contribution in [0.5, 0.6) is 0 Å². The smallest absolute Gasteiger partial charge is 0.305 e. The number of hydrogen-bond donors (Lipinski definition) is 4. The lowest BCUT2D eigenvalue weighted by Crippen LogP contribution is -2.48. The normalized spacial score (nSPS) is 13.3. The Labute approximate surface area is 254 Å². The zero-order valence-electron chi connectivity index (χ0n) is 27.4. The molecule has 0 aliphatic heterocycles. The van der Waals surface area contributed by atoms with Gasteiger partial charge in [0.25, 0.3) is 5.91 Å². The van der Waals surface area contributed by atoms with Gasteiger partial charge in [0.15, 0.2) is 0 Å². The summed E-state index contributed by atoms with van der Waals surface area (Å²) in [4.78, 5) is 51.0. The van der Waals surface area contributed by atoms with Crippen LogP contribution in [0, 0.1) is 17.3 Å². The molecule has 0 spiro atoms. The number of Topliss-reactive ketones (excluding diaryl/α,β-unsaturated/α-hetero) is 1. The Bertz CT molecular complexity index is 925. The van der Waals surface area contributed by atoms with Crippen LogP contribution in [0.25, 0.3) is 0 Å². The number of carbonyl (C=O) groups excluding carboxylic acids is 4. The van der Waals surface area contributed by atoms with Crippen molar-refractivity contribution in [3.8, 4) is 0 Å². The fourth-order valence-corrected chi connectivity index (χ4v) is 4.47. The van der Waals surface area contributed by atoms with Gasteiger partial charge in [0.1, 0.15) is 0 Å². The van der Waals surface area contributed by atoms with E-state index in [4.69, 9.17) is 0 Å². The van der Waals surface area contributed by atoms with Crippen molar-refractivity contribution in [2.24, 2.45) is 17.3 Å². The van der Waals surface area contributed by atoms with Crippen LogP contribution in [0.4, 0.5) is 0 Å². The average Bonchev–Trinajstić information content (AvgIpc) is 2.92. The lowest BCUT2D eigenvalue weighted by Gasteiger charge is -2.40. The first-order valence-electron chi connectivity index (χ1n) is 15.0. The summed E-state index contributed by atoms with van der Waals surface area (Å²) in [6.45, 7) is 26.1. The van der Waals surface area contributed by atoms with Crippen molar-refractivity contribution >= 4 is 23.6 Å². The maximum absolute atomic E-state index is 12.8. The second kappa shape index (κ2) is 19.8. The topological polar surface area (TPSA) is 129 Å². The third-order valence-corrected chi connectivity index (χ3v) is 7.19. The molecule has 10 nitrogen and oxygen atoms in total. The SMILES string of the molecule is C=CCNC(=O)C(=O)C(CCC)NC(=O)CC[C@H](CN(C)C(=C)C(NC(=C)NCCCC(=O)OC)C(C)(C)C)C(C)C. The summed E-state index contributed by atoms with van der Waals surface area (Å²) >= 11 is 0. The Kier molecular flexibility index (Phi) is 18.2. The molecule has 0 radical (unpaired) electrons. The summed E-state index contributed by atoms with van der Waals surface area (Å²) in [5.74, 6) is -0.683. The molecular formula is C32H57N5O5. The molecule has 0 heterocycles. The van der Waals surface area contributed by atoms with Gasteiger partial charge in [0.2, 0.25) is 11.7 Å². The minimum atomic E-state index is -0.840. The van der Waals surface area contributed by atoms with Crippen molar-refractivity contribution in [2.45, 2.75) is 92.2 Å². The molecule has 0 aliphatic rings. The summed E-state index contributed by atoms with van der Waals surface area (Å²) in [6, 6.07) is -0.958. The van der Waals surface area contributed by atoms with E-state index in [-0.39, 0.29) is 42.2 Å². The summed E-state index contributed by atoms with van der Waals surface area (Å²) < 4.78 is 4.68. The Morgan fingerprint density at radius 2 is 1.64 bits per heavy atom. The Balaban J connectivity index is 5.21. The van der Waals surface area contributed by atoms with E-state index >= 15 is 0 Å². The number of esters is 1. The lowest BCUT2D eigenvalue weighted by atomic mass is 9.84. The number of rotatable bonds is 22. The number of hydrogen-bond acceptors (Lipinski definition) is 8. The molecule has 0 aromatic rings. The molecule has 0 saturated carbocycles. The first-order chi connectivity index (χ1) is 19.6. The van der Waals surface area contributed by atoms with E-state index < -0.39 is 17.7 Å². The molecule has 0 rings (SSSR count). The molecule has 0 aromatic heterocycles. The predicted molar refractivity (Wildman–Crippen MR) is 169 cm³/mol. The Morgan fingerprint density at radius 3 is 2.17 bits per heavy atom. The van der Waals surface area contributed by atoms with Crippen LogP contribution >= 0.6 is 0 Å². The van der Waals surface area contributed by atoms with E-state index in [2.05, 4.69) is 85.3 Å². The first kappa shape index (κ1) is 38.7. The number of ketones is 1. The zero-order chi connectivity index (χ0) is 32.5. The van der Waals surface area contributed by atoms with Gasteiger partial charge in [-0.25, -0.2) is 0 Å². The van der Waals surface area contributed by atoms with Gasteiger partial charge in [-0.05, 0) is 36.5 Å². The molecule has 240 valence electrons. The molecular weight excluding hydrogens is 534 g/mol. The van der Waals surface area contributed by atoms with Crippen LogP contribution in [-0.2, 0) is 23.9 Å². The van der Waals surface area contributed by atoms with Crippen molar-refractivity contribution in [1.29, 1.82) is 0 Å². The number of methoxy groups -OCH3 is 1. The fraction of sp³-hybridized carbons (Fsp3) is 0.688. The van der Waals surface area contributed by atoms with Gasteiger partial charge in [-0.1, -0.05) is 67.2 Å². The maximum atomic E-state index is 12.8. The summed E-state index contributed by atoms with van der Waals surface area (Å²) in [6.07, 6.45) is 4.40. The molecule has 3 atom stereocenters. The standard InChI is InChI=1S/C32H57N5O5/c1-12-15-26(29(40)31(41)34-19-13-2)36-27(38)18-17-25(22(3)4)21-37(10)23(5)30(32(7,8)9)35-24(6)33-20-14-16-28(39)42-11/h13,22,25-26,30,33,35H,2,5-6,12,14-21H2,1,3-4,7-11H3,(H,34,41)(H,36,38)/t25-,26?,30?/m1/s1.